The van der Waals surface area contributed by atoms with E-state index in [1.807, 2.05) is 152 Å². The molecule has 658 valence electrons. The number of aryl methyl sites for hydroxylation is 1. The highest BCUT2D eigenvalue weighted by Crippen LogP contribution is 2.42. The number of nitrogens with two attached hydrogens (primary N) is 1. The summed E-state index contributed by atoms with van der Waals surface area (Å²) in [6.07, 6.45) is 20.8. The van der Waals surface area contributed by atoms with Crippen LogP contribution in [0.25, 0.3) is 89.2 Å². The van der Waals surface area contributed by atoms with Gasteiger partial charge in [-0.15, -0.1) is 0 Å². The highest BCUT2D eigenvalue weighted by Gasteiger charge is 2.23. The number of hydrogen-bond acceptors (Lipinski definition) is 28. The number of ether oxygens (including phenoxy) is 8. The fourth-order valence-corrected chi connectivity index (χ4v) is 14.0. The molecule has 8 aromatic heterocycles. The Labute approximate surface area is 743 Å². The molecule has 0 unspecified atom stereocenters. The second kappa shape index (κ2) is 43.1. The van der Waals surface area contributed by atoms with Crippen molar-refractivity contribution in [3.05, 3.63) is 220 Å². The molecular weight excluding hydrogens is 1610 g/mol. The van der Waals surface area contributed by atoms with Crippen molar-refractivity contribution in [2.75, 3.05) is 136 Å². The van der Waals surface area contributed by atoms with E-state index in [0.717, 1.165) is 190 Å². The van der Waals surface area contributed by atoms with E-state index in [-0.39, 0.29) is 0 Å². The number of hydrogen-bond donors (Lipinski definition) is 6. The first-order chi connectivity index (χ1) is 63.0. The molecule has 0 aliphatic rings. The van der Waals surface area contributed by atoms with E-state index >= 15 is 0 Å². The Morgan fingerprint density at radius 3 is 1.08 bits per heavy atom. The van der Waals surface area contributed by atoms with Gasteiger partial charge in [0.05, 0.1) is 185 Å². The monoisotopic (exact) mass is 1720 g/mol. The molecule has 32 heteroatoms. The van der Waals surface area contributed by atoms with E-state index in [0.29, 0.717) is 66.0 Å². The number of rotatable bonds is 34. The summed E-state index contributed by atoms with van der Waals surface area (Å²) in [5.74, 6) is 5.88. The van der Waals surface area contributed by atoms with Gasteiger partial charge in [0.25, 0.3) is 0 Å². The average molecular weight is 1720 g/mol. The van der Waals surface area contributed by atoms with Crippen molar-refractivity contribution in [1.82, 2.24) is 95.8 Å². The van der Waals surface area contributed by atoms with E-state index in [1.54, 1.807) is 100 Å². The first kappa shape index (κ1) is 85.9. The third-order valence-corrected chi connectivity index (χ3v) is 20.6. The summed E-state index contributed by atoms with van der Waals surface area (Å²) in [4.78, 5) is 46.2. The van der Waals surface area contributed by atoms with Crippen LogP contribution in [0.2, 0.25) is 0 Å². The first-order valence-corrected chi connectivity index (χ1v) is 41.5. The van der Waals surface area contributed by atoms with Gasteiger partial charge in [-0.1, -0.05) is 27.7 Å². The van der Waals surface area contributed by atoms with Gasteiger partial charge in [0.2, 0.25) is 0 Å². The Balaban J connectivity index is 0.000000148. The molecule has 0 fully saturated rings. The second-order valence-electron chi connectivity index (χ2n) is 30.1. The summed E-state index contributed by atoms with van der Waals surface area (Å²) in [5, 5.41) is 32.2. The van der Waals surface area contributed by atoms with Crippen LogP contribution < -0.4 is 79.2 Å². The normalized spacial score (nSPS) is 11.6. The number of aromatic nitrogens is 16. The van der Waals surface area contributed by atoms with Crippen molar-refractivity contribution >= 4 is 89.6 Å². The molecule has 16 aromatic rings. The molecule has 0 bridgehead atoms. The lowest BCUT2D eigenvalue weighted by Gasteiger charge is -2.28. The lowest BCUT2D eigenvalue weighted by Crippen LogP contribution is -2.32. The zero-order valence-electron chi connectivity index (χ0n) is 77.1. The van der Waals surface area contributed by atoms with Crippen LogP contribution in [0.5, 0.6) is 46.0 Å². The molecule has 0 spiro atoms. The molecular formula is C95H110N24O8. The number of anilines is 8. The summed E-state index contributed by atoms with van der Waals surface area (Å²) in [6.45, 7) is 16.0. The van der Waals surface area contributed by atoms with Gasteiger partial charge in [-0.25, -0.2) is 19.9 Å². The maximum absolute atomic E-state index is 7.55. The summed E-state index contributed by atoms with van der Waals surface area (Å²) in [6, 6.07) is 48.3. The van der Waals surface area contributed by atoms with Crippen LogP contribution in [0.4, 0.5) is 45.5 Å². The van der Waals surface area contributed by atoms with E-state index in [1.165, 1.54) is 12.4 Å². The number of fused-ring (bicyclic) bond motifs is 4. The van der Waals surface area contributed by atoms with Gasteiger partial charge in [-0.05, 0) is 118 Å². The molecule has 8 heterocycles. The summed E-state index contributed by atoms with van der Waals surface area (Å²) >= 11 is 0. The Bertz CT molecular complexity index is 6350. The highest BCUT2D eigenvalue weighted by atomic mass is 16.5. The molecule has 0 atom stereocenters. The SMILES string of the molecule is CNCCN(c1cc(OC)cc(OC)c1)c1ccc2ncc(-c3cnn(C(C)C)c3)nc2c1.COc1ccc(OC)c(N(CCN)c2ccc3ncc(-c4cn[nH]c4)nc3c2)c1.COc1ccc(OC)c(N(CCNC(C)C)c2ccc3ncc(-c4cn[nH]c4)nc3c2)c1.[2H]C([2H])([2H])n1cc(-c2cnc3ccc(N(CCNC(C)C)c4cc(OC)cc(OC)c4)cc3n2)cn1. The molecule has 32 nitrogen and oxygen atoms in total. The number of benzene rings is 8. The predicted octanol–water partition coefficient (Wildman–Crippen LogP) is 15.9. The van der Waals surface area contributed by atoms with Crippen molar-refractivity contribution < 1.29 is 42.0 Å². The zero-order valence-corrected chi connectivity index (χ0v) is 74.1. The predicted molar refractivity (Wildman–Crippen MR) is 503 cm³/mol. The Morgan fingerprint density at radius 1 is 0.370 bits per heavy atom. The van der Waals surface area contributed by atoms with Gasteiger partial charge in [-0.3, -0.25) is 39.5 Å². The molecule has 0 saturated carbocycles. The Kier molecular flexibility index (Phi) is 29.2. The molecule has 0 aliphatic heterocycles. The van der Waals surface area contributed by atoms with Crippen LogP contribution in [0.15, 0.2) is 220 Å². The first-order valence-electron chi connectivity index (χ1n) is 43.0. The van der Waals surface area contributed by atoms with Crippen LogP contribution in [-0.2, 0) is 6.98 Å². The van der Waals surface area contributed by atoms with Crippen molar-refractivity contribution in [3.8, 4) is 91.0 Å². The van der Waals surface area contributed by atoms with Gasteiger partial charge in [-0.2, -0.15) is 20.4 Å². The third kappa shape index (κ3) is 22.7. The summed E-state index contributed by atoms with van der Waals surface area (Å²) in [5.41, 5.74) is 26.0. The maximum atomic E-state index is 7.55. The van der Waals surface area contributed by atoms with E-state index in [2.05, 4.69) is 152 Å². The number of nitrogens with zero attached hydrogens (tertiary/aromatic N) is 18. The van der Waals surface area contributed by atoms with Crippen LogP contribution in [0.3, 0.4) is 0 Å². The van der Waals surface area contributed by atoms with E-state index < -0.39 is 6.98 Å². The van der Waals surface area contributed by atoms with E-state index in [9.17, 15) is 0 Å². The molecule has 0 amide bonds. The van der Waals surface area contributed by atoms with Gasteiger partial charge in [0.15, 0.2) is 0 Å². The Morgan fingerprint density at radius 2 is 0.740 bits per heavy atom. The maximum Gasteiger partial charge on any atom is 0.142 e. The molecule has 7 N–H and O–H groups in total. The number of H-pyrrole nitrogens is 2. The zero-order chi connectivity index (χ0) is 92.0. The van der Waals surface area contributed by atoms with Crippen LogP contribution in [0, 0.1) is 0 Å². The molecule has 127 heavy (non-hydrogen) atoms. The molecule has 0 radical (unpaired) electrons. The minimum atomic E-state index is -2.35. The average Bonchev–Trinajstić information content (AvgIpc) is 1.17. The molecule has 0 saturated heterocycles. The van der Waals surface area contributed by atoms with Gasteiger partial charge in [0, 0.05) is 211 Å². The minimum absolute atomic E-state index is 0.291. The quantitative estimate of drug-likeness (QED) is 0.0218. The molecule has 8 aromatic carbocycles. The fourth-order valence-electron chi connectivity index (χ4n) is 14.0. The summed E-state index contributed by atoms with van der Waals surface area (Å²) < 4.78 is 69.6. The number of methoxy groups -OCH3 is 8. The highest BCUT2D eigenvalue weighted by molar-refractivity contribution is 5.88. The standard InChI is InChI=1S/2C25H30N6O2.C24H28N6O2.C21H22N6O2/c1-17(2)26-8-9-31(20-10-21(32-4)13-22(11-20)33-5)19-6-7-23-24(12-19)29-25(15-27-23)18-14-28-30(3)16-18;1-17(2)31-16-18(14-28-31)25-15-27-23-7-6-19(12-24(23)29-25)30(9-8-26-3)20-10-21(32-4)13-22(11-20)33-5;1-16(2)25-9-10-30(23-12-19(31-3)6-8-24(23)32-4)18-5-7-20-21(11-18)29-22(15-26-20)17-13-27-28-14-17;1-28-16-4-6-21(29-2)20(10-16)27(8-7-22)15-3-5-17-18(9-15)26-19(13-23-17)14-11-24-25-12-14/h2*6-7,10-17,26H,8-9H2,1-5H3;5-8,11-16,25H,9-10H2,1-4H3,(H,27,28);3-6,9-13H,7-8,22H2,1-2H3,(H,24,25)/i3D3;;;. The number of aromatic amines is 2. The summed E-state index contributed by atoms with van der Waals surface area (Å²) in [7, 11) is 15.2. The van der Waals surface area contributed by atoms with Crippen LogP contribution >= 0.6 is 0 Å². The topological polar surface area (TPSA) is 345 Å². The van der Waals surface area contributed by atoms with Crippen LogP contribution in [-0.4, -0.2) is 208 Å². The van der Waals surface area contributed by atoms with Gasteiger partial charge < -0.3 is 79.2 Å². The van der Waals surface area contributed by atoms with Crippen molar-refractivity contribution in [2.45, 2.75) is 59.7 Å². The minimum Gasteiger partial charge on any atom is -0.497 e. The molecule has 16 rings (SSSR count). The fraction of sp³-hybridized carbons (Fsp3) is 0.284. The largest absolute Gasteiger partial charge is 0.497 e. The van der Waals surface area contributed by atoms with Crippen molar-refractivity contribution in [1.29, 1.82) is 0 Å². The third-order valence-electron chi connectivity index (χ3n) is 20.6. The van der Waals surface area contributed by atoms with Crippen molar-refractivity contribution in [3.63, 3.8) is 0 Å². The lowest BCUT2D eigenvalue weighted by molar-refractivity contribution is 0.394. The molecule has 0 aliphatic carbocycles. The van der Waals surface area contributed by atoms with Crippen LogP contribution in [0.1, 0.15) is 51.7 Å². The van der Waals surface area contributed by atoms with Gasteiger partial charge in [0.1, 0.15) is 46.0 Å². The van der Waals surface area contributed by atoms with E-state index in [4.69, 9.17) is 67.7 Å². The van der Waals surface area contributed by atoms with Crippen molar-refractivity contribution in [2.24, 2.45) is 12.7 Å². The number of nitrogens with one attached hydrogen (secondary N) is 5. The second-order valence-corrected chi connectivity index (χ2v) is 30.1. The lowest BCUT2D eigenvalue weighted by atomic mass is 10.2. The smallest absolute Gasteiger partial charge is 0.142 e. The Hall–Kier alpha value is -14.6. The number of likely N-dealkylation sites (N-methyl/N-ethyl adjacent to an activating group) is 1. The van der Waals surface area contributed by atoms with Gasteiger partial charge >= 0.3 is 0 Å².